The van der Waals surface area contributed by atoms with Crippen molar-refractivity contribution in [2.24, 2.45) is 0 Å². The van der Waals surface area contributed by atoms with E-state index in [1.807, 2.05) is 54.6 Å². The smallest absolute Gasteiger partial charge is 0.247 e. The molecular weight excluding hydrogens is 376 g/mol. The third kappa shape index (κ3) is 5.10. The highest BCUT2D eigenvalue weighted by molar-refractivity contribution is 6.30. The molecule has 0 atom stereocenters. The molecule has 6 nitrogen and oxygen atoms in total. The number of hydrogen-bond donors (Lipinski definition) is 0. The number of halogens is 1. The van der Waals surface area contributed by atoms with Crippen LogP contribution in [0.3, 0.4) is 0 Å². The van der Waals surface area contributed by atoms with Crippen molar-refractivity contribution in [1.29, 1.82) is 0 Å². The van der Waals surface area contributed by atoms with E-state index in [0.717, 1.165) is 49.1 Å². The minimum Gasteiger partial charge on any atom is -0.492 e. The fraction of sp³-hybridized carbons (Fsp3) is 0.333. The lowest BCUT2D eigenvalue weighted by Gasteiger charge is -2.33. The fourth-order valence-corrected chi connectivity index (χ4v) is 3.33. The highest BCUT2D eigenvalue weighted by Gasteiger charge is 2.19. The predicted molar refractivity (Wildman–Crippen MR) is 108 cm³/mol. The molecule has 0 spiro atoms. The van der Waals surface area contributed by atoms with Crippen LogP contribution in [0, 0.1) is 0 Å². The van der Waals surface area contributed by atoms with E-state index in [9.17, 15) is 0 Å². The van der Waals surface area contributed by atoms with Crippen molar-refractivity contribution >= 4 is 11.6 Å². The third-order valence-corrected chi connectivity index (χ3v) is 5.05. The van der Waals surface area contributed by atoms with Gasteiger partial charge < -0.3 is 9.15 Å². The highest BCUT2D eigenvalue weighted by Crippen LogP contribution is 2.18. The molecule has 0 unspecified atom stereocenters. The SMILES string of the molecule is Clc1ccc(OCCN2CCN(Cc3nnc(-c4ccccc4)o3)CC2)cc1. The average Bonchev–Trinajstić information content (AvgIpc) is 3.20. The Morgan fingerprint density at radius 2 is 1.61 bits per heavy atom. The van der Waals surface area contributed by atoms with Crippen molar-refractivity contribution in [2.45, 2.75) is 6.54 Å². The Morgan fingerprint density at radius 1 is 0.893 bits per heavy atom. The molecule has 0 N–H and O–H groups in total. The number of aromatic nitrogens is 2. The molecule has 0 bridgehead atoms. The van der Waals surface area contributed by atoms with Crippen LogP contribution in [0.15, 0.2) is 59.0 Å². The van der Waals surface area contributed by atoms with E-state index in [4.69, 9.17) is 20.8 Å². The Hall–Kier alpha value is -2.41. The van der Waals surface area contributed by atoms with Crippen molar-refractivity contribution in [3.63, 3.8) is 0 Å². The summed E-state index contributed by atoms with van der Waals surface area (Å²) in [6.07, 6.45) is 0. The average molecular weight is 399 g/mol. The molecule has 7 heteroatoms. The van der Waals surface area contributed by atoms with Crippen LogP contribution in [0.5, 0.6) is 5.75 Å². The molecule has 0 amide bonds. The first-order valence-electron chi connectivity index (χ1n) is 9.47. The first kappa shape index (κ1) is 18.9. The molecule has 2 heterocycles. The van der Waals surface area contributed by atoms with Crippen molar-refractivity contribution < 1.29 is 9.15 Å². The van der Waals surface area contributed by atoms with Gasteiger partial charge in [-0.05, 0) is 36.4 Å². The summed E-state index contributed by atoms with van der Waals surface area (Å²) in [6, 6.07) is 17.3. The Labute approximate surface area is 169 Å². The molecule has 146 valence electrons. The van der Waals surface area contributed by atoms with Gasteiger partial charge in [-0.25, -0.2) is 0 Å². The van der Waals surface area contributed by atoms with E-state index in [0.29, 0.717) is 24.9 Å². The lowest BCUT2D eigenvalue weighted by Crippen LogP contribution is -2.47. The predicted octanol–water partition coefficient (Wildman–Crippen LogP) is 3.59. The zero-order chi connectivity index (χ0) is 19.2. The van der Waals surface area contributed by atoms with Crippen molar-refractivity contribution in [3.05, 3.63) is 65.5 Å². The Bertz CT molecular complexity index is 862. The molecule has 1 fully saturated rings. The molecule has 3 aromatic rings. The van der Waals surface area contributed by atoms with E-state index in [2.05, 4.69) is 20.0 Å². The molecule has 1 aliphatic heterocycles. The molecule has 2 aromatic carbocycles. The largest absolute Gasteiger partial charge is 0.492 e. The number of piperazine rings is 1. The van der Waals surface area contributed by atoms with E-state index in [1.165, 1.54) is 0 Å². The standard InChI is InChI=1S/C21H23ClN4O2/c22-18-6-8-19(9-7-18)27-15-14-25-10-12-26(13-11-25)16-20-23-24-21(28-20)17-4-2-1-3-5-17/h1-9H,10-16H2. The second-order valence-corrected chi connectivity index (χ2v) is 7.22. The summed E-state index contributed by atoms with van der Waals surface area (Å²) < 4.78 is 11.6. The summed E-state index contributed by atoms with van der Waals surface area (Å²) in [5, 5.41) is 9.08. The van der Waals surface area contributed by atoms with Crippen LogP contribution < -0.4 is 4.74 Å². The van der Waals surface area contributed by atoms with Gasteiger partial charge in [-0.3, -0.25) is 9.80 Å². The molecule has 28 heavy (non-hydrogen) atoms. The van der Waals surface area contributed by atoms with Crippen LogP contribution in [0.25, 0.3) is 11.5 Å². The molecule has 1 aromatic heterocycles. The van der Waals surface area contributed by atoms with Gasteiger partial charge in [0.25, 0.3) is 0 Å². The highest BCUT2D eigenvalue weighted by atomic mass is 35.5. The number of rotatable bonds is 7. The first-order valence-corrected chi connectivity index (χ1v) is 9.85. The van der Waals surface area contributed by atoms with Crippen LogP contribution in [-0.4, -0.2) is 59.3 Å². The number of hydrogen-bond acceptors (Lipinski definition) is 6. The molecule has 4 rings (SSSR count). The molecule has 0 saturated carbocycles. The van der Waals surface area contributed by atoms with Crippen molar-refractivity contribution in [2.75, 3.05) is 39.3 Å². The lowest BCUT2D eigenvalue weighted by molar-refractivity contribution is 0.106. The summed E-state index contributed by atoms with van der Waals surface area (Å²) in [5.41, 5.74) is 0.951. The Kier molecular flexibility index (Phi) is 6.21. The number of ether oxygens (including phenoxy) is 1. The second-order valence-electron chi connectivity index (χ2n) is 6.79. The molecular formula is C21H23ClN4O2. The maximum Gasteiger partial charge on any atom is 0.247 e. The monoisotopic (exact) mass is 398 g/mol. The van der Waals surface area contributed by atoms with E-state index in [1.54, 1.807) is 0 Å². The zero-order valence-corrected chi connectivity index (χ0v) is 16.4. The van der Waals surface area contributed by atoms with Gasteiger partial charge in [-0.2, -0.15) is 0 Å². The van der Waals surface area contributed by atoms with Crippen LogP contribution in [-0.2, 0) is 6.54 Å². The van der Waals surface area contributed by atoms with Crippen LogP contribution in [0.2, 0.25) is 5.02 Å². The maximum absolute atomic E-state index is 5.89. The molecule has 0 radical (unpaired) electrons. The third-order valence-electron chi connectivity index (χ3n) is 4.80. The summed E-state index contributed by atoms with van der Waals surface area (Å²) >= 11 is 5.89. The minimum atomic E-state index is 0.577. The summed E-state index contributed by atoms with van der Waals surface area (Å²) in [6.45, 7) is 6.23. The normalized spacial score (nSPS) is 15.6. The van der Waals surface area contributed by atoms with Crippen LogP contribution in [0.4, 0.5) is 0 Å². The second kappa shape index (κ2) is 9.19. The molecule has 1 aliphatic rings. The van der Waals surface area contributed by atoms with Gasteiger partial charge in [-0.15, -0.1) is 10.2 Å². The van der Waals surface area contributed by atoms with Gasteiger partial charge in [0.1, 0.15) is 12.4 Å². The fourth-order valence-electron chi connectivity index (χ4n) is 3.20. The summed E-state index contributed by atoms with van der Waals surface area (Å²) in [5.74, 6) is 2.10. The van der Waals surface area contributed by atoms with Gasteiger partial charge in [0.2, 0.25) is 11.8 Å². The van der Waals surface area contributed by atoms with Crippen molar-refractivity contribution in [3.8, 4) is 17.2 Å². The van der Waals surface area contributed by atoms with Gasteiger partial charge >= 0.3 is 0 Å². The Balaban J connectivity index is 1.19. The van der Waals surface area contributed by atoms with E-state index >= 15 is 0 Å². The quantitative estimate of drug-likeness (QED) is 0.606. The number of nitrogens with zero attached hydrogens (tertiary/aromatic N) is 4. The van der Waals surface area contributed by atoms with Gasteiger partial charge in [0.15, 0.2) is 0 Å². The summed E-state index contributed by atoms with van der Waals surface area (Å²) in [4.78, 5) is 4.76. The van der Waals surface area contributed by atoms with Gasteiger partial charge in [0, 0.05) is 43.3 Å². The number of benzene rings is 2. The van der Waals surface area contributed by atoms with Crippen LogP contribution >= 0.6 is 11.6 Å². The first-order chi connectivity index (χ1) is 13.8. The summed E-state index contributed by atoms with van der Waals surface area (Å²) in [7, 11) is 0. The van der Waals surface area contributed by atoms with Gasteiger partial charge in [-0.1, -0.05) is 29.8 Å². The van der Waals surface area contributed by atoms with E-state index < -0.39 is 0 Å². The topological polar surface area (TPSA) is 54.6 Å². The van der Waals surface area contributed by atoms with Crippen LogP contribution in [0.1, 0.15) is 5.89 Å². The van der Waals surface area contributed by atoms with Crippen molar-refractivity contribution in [1.82, 2.24) is 20.0 Å². The maximum atomic E-state index is 5.89. The zero-order valence-electron chi connectivity index (χ0n) is 15.6. The molecule has 0 aliphatic carbocycles. The molecule has 1 saturated heterocycles. The lowest BCUT2D eigenvalue weighted by atomic mass is 10.2. The van der Waals surface area contributed by atoms with Gasteiger partial charge in [0.05, 0.1) is 6.54 Å². The minimum absolute atomic E-state index is 0.577. The van der Waals surface area contributed by atoms with E-state index in [-0.39, 0.29) is 0 Å². The Morgan fingerprint density at radius 3 is 2.36 bits per heavy atom.